The van der Waals surface area contributed by atoms with E-state index in [-0.39, 0.29) is 0 Å². The summed E-state index contributed by atoms with van der Waals surface area (Å²) in [6, 6.07) is 8.90. The molecule has 0 atom stereocenters. The zero-order valence-corrected chi connectivity index (χ0v) is 14.1. The second-order valence-corrected chi connectivity index (χ2v) is 7.27. The summed E-state index contributed by atoms with van der Waals surface area (Å²) < 4.78 is 28.0. The van der Waals surface area contributed by atoms with Gasteiger partial charge in [0, 0.05) is 5.02 Å². The van der Waals surface area contributed by atoms with Gasteiger partial charge < -0.3 is 0 Å². The molecule has 0 aliphatic heterocycles. The maximum atomic E-state index is 12.7. The van der Waals surface area contributed by atoms with E-state index in [2.05, 4.69) is 4.72 Å². The minimum absolute atomic E-state index is 0.326. The van der Waals surface area contributed by atoms with Gasteiger partial charge in [-0.25, -0.2) is 8.42 Å². The van der Waals surface area contributed by atoms with E-state index in [4.69, 9.17) is 11.6 Å². The van der Waals surface area contributed by atoms with E-state index < -0.39 is 10.0 Å². The molecule has 112 valence electrons. The van der Waals surface area contributed by atoms with Gasteiger partial charge in [0.05, 0.1) is 10.6 Å². The van der Waals surface area contributed by atoms with E-state index in [1.165, 1.54) is 0 Å². The summed E-state index contributed by atoms with van der Waals surface area (Å²) in [5, 5.41) is 0.535. The Morgan fingerprint density at radius 3 is 2.14 bits per heavy atom. The Bertz CT molecular complexity index is 775. The van der Waals surface area contributed by atoms with Crippen molar-refractivity contribution in [1.29, 1.82) is 0 Å². The number of hydrogen-bond acceptors (Lipinski definition) is 2. The molecule has 0 saturated carbocycles. The minimum Gasteiger partial charge on any atom is -0.279 e. The molecule has 0 bridgehead atoms. The average Bonchev–Trinajstić information content (AvgIpc) is 2.33. The number of benzene rings is 2. The highest BCUT2D eigenvalue weighted by Crippen LogP contribution is 2.28. The van der Waals surface area contributed by atoms with Crippen molar-refractivity contribution in [3.8, 4) is 0 Å². The van der Waals surface area contributed by atoms with E-state index in [0.29, 0.717) is 21.2 Å². The molecule has 0 aliphatic carbocycles. The second-order valence-electron chi connectivity index (χ2n) is 5.25. The maximum Gasteiger partial charge on any atom is 0.262 e. The molecule has 0 aromatic heterocycles. The molecule has 0 saturated heterocycles. The van der Waals surface area contributed by atoms with E-state index in [1.807, 2.05) is 19.1 Å². The van der Waals surface area contributed by atoms with Gasteiger partial charge in [0.15, 0.2) is 0 Å². The molecule has 0 heterocycles. The van der Waals surface area contributed by atoms with Crippen LogP contribution in [0.15, 0.2) is 35.2 Å². The number of rotatable bonds is 3. The molecule has 0 unspecified atom stereocenters. The van der Waals surface area contributed by atoms with Crippen LogP contribution in [0.2, 0.25) is 5.02 Å². The molecular weight excluding hydrogens is 306 g/mol. The van der Waals surface area contributed by atoms with E-state index >= 15 is 0 Å². The van der Waals surface area contributed by atoms with Crippen LogP contribution in [-0.2, 0) is 10.0 Å². The van der Waals surface area contributed by atoms with Crippen LogP contribution in [0.25, 0.3) is 0 Å². The number of sulfonamides is 1. The highest BCUT2D eigenvalue weighted by atomic mass is 35.5. The van der Waals surface area contributed by atoms with E-state index in [0.717, 1.165) is 16.7 Å². The summed E-state index contributed by atoms with van der Waals surface area (Å²) >= 11 is 6.04. The van der Waals surface area contributed by atoms with Gasteiger partial charge >= 0.3 is 0 Å². The van der Waals surface area contributed by atoms with Gasteiger partial charge in [0.1, 0.15) is 0 Å². The van der Waals surface area contributed by atoms with Crippen molar-refractivity contribution in [2.45, 2.75) is 32.6 Å². The molecule has 21 heavy (non-hydrogen) atoms. The van der Waals surface area contributed by atoms with Crippen LogP contribution in [0.5, 0.6) is 0 Å². The van der Waals surface area contributed by atoms with Crippen LogP contribution < -0.4 is 4.72 Å². The summed E-state index contributed by atoms with van der Waals surface area (Å²) in [7, 11) is -3.64. The topological polar surface area (TPSA) is 46.2 Å². The Kier molecular flexibility index (Phi) is 4.30. The number of halogens is 1. The fraction of sp³-hybridized carbons (Fsp3) is 0.250. The van der Waals surface area contributed by atoms with Crippen LogP contribution in [0.1, 0.15) is 22.3 Å². The fourth-order valence-electron chi connectivity index (χ4n) is 2.50. The third-order valence-corrected chi connectivity index (χ3v) is 5.46. The summed E-state index contributed by atoms with van der Waals surface area (Å²) in [4.78, 5) is 0.326. The summed E-state index contributed by atoms with van der Waals surface area (Å²) in [5.74, 6) is 0. The van der Waals surface area contributed by atoms with Crippen molar-refractivity contribution < 1.29 is 8.42 Å². The quantitative estimate of drug-likeness (QED) is 0.911. The van der Waals surface area contributed by atoms with Crippen molar-refractivity contribution in [2.75, 3.05) is 4.72 Å². The second kappa shape index (κ2) is 5.70. The molecule has 2 aromatic carbocycles. The van der Waals surface area contributed by atoms with Crippen molar-refractivity contribution in [1.82, 2.24) is 0 Å². The molecule has 5 heteroatoms. The van der Waals surface area contributed by atoms with Crippen molar-refractivity contribution in [3.63, 3.8) is 0 Å². The molecular formula is C16H18ClNO2S. The number of aryl methyl sites for hydroxylation is 3. The van der Waals surface area contributed by atoms with E-state index in [1.54, 1.807) is 39.0 Å². The first-order valence-electron chi connectivity index (χ1n) is 6.58. The zero-order chi connectivity index (χ0) is 15.8. The summed E-state index contributed by atoms with van der Waals surface area (Å²) in [6.07, 6.45) is 0. The van der Waals surface area contributed by atoms with Crippen LogP contribution in [-0.4, -0.2) is 8.42 Å². The van der Waals surface area contributed by atoms with Crippen LogP contribution in [0.4, 0.5) is 5.69 Å². The Labute approximate surface area is 131 Å². The van der Waals surface area contributed by atoms with Crippen molar-refractivity contribution in [2.24, 2.45) is 0 Å². The van der Waals surface area contributed by atoms with Gasteiger partial charge in [0.25, 0.3) is 10.0 Å². The van der Waals surface area contributed by atoms with Gasteiger partial charge in [0.2, 0.25) is 0 Å². The predicted octanol–water partition coefficient (Wildman–Crippen LogP) is 4.37. The maximum absolute atomic E-state index is 12.7. The Balaban J connectivity index is 2.51. The first-order valence-corrected chi connectivity index (χ1v) is 8.44. The molecule has 0 spiro atoms. The first kappa shape index (κ1) is 15.9. The SMILES string of the molecule is Cc1cc(C)c(S(=O)(=O)Nc2cccc(Cl)c2C)c(C)c1. The summed E-state index contributed by atoms with van der Waals surface area (Å²) in [5.41, 5.74) is 3.73. The third kappa shape index (κ3) is 3.22. The third-order valence-electron chi connectivity index (χ3n) is 3.39. The lowest BCUT2D eigenvalue weighted by Gasteiger charge is -2.15. The lowest BCUT2D eigenvalue weighted by molar-refractivity contribution is 0.600. The normalized spacial score (nSPS) is 11.5. The molecule has 0 fully saturated rings. The van der Waals surface area contributed by atoms with Gasteiger partial charge in [-0.05, 0) is 56.5 Å². The zero-order valence-electron chi connectivity index (χ0n) is 12.5. The van der Waals surface area contributed by atoms with Crippen LogP contribution in [0, 0.1) is 27.7 Å². The largest absolute Gasteiger partial charge is 0.279 e. The highest BCUT2D eigenvalue weighted by Gasteiger charge is 2.20. The minimum atomic E-state index is -3.64. The van der Waals surface area contributed by atoms with Gasteiger partial charge in [-0.2, -0.15) is 0 Å². The Hall–Kier alpha value is -1.52. The van der Waals surface area contributed by atoms with Crippen molar-refractivity contribution >= 4 is 27.3 Å². The smallest absolute Gasteiger partial charge is 0.262 e. The lowest BCUT2D eigenvalue weighted by atomic mass is 10.1. The molecule has 2 rings (SSSR count). The first-order chi connectivity index (χ1) is 9.72. The standard InChI is InChI=1S/C16H18ClNO2S/c1-10-8-11(2)16(12(3)9-10)21(19,20)18-15-7-5-6-14(17)13(15)4/h5-9,18H,1-4H3. The molecule has 3 nitrogen and oxygen atoms in total. The predicted molar refractivity (Wildman–Crippen MR) is 87.7 cm³/mol. The molecule has 0 amide bonds. The molecule has 0 radical (unpaired) electrons. The van der Waals surface area contributed by atoms with E-state index in [9.17, 15) is 8.42 Å². The Morgan fingerprint density at radius 2 is 1.57 bits per heavy atom. The number of nitrogens with one attached hydrogen (secondary N) is 1. The number of hydrogen-bond donors (Lipinski definition) is 1. The highest BCUT2D eigenvalue weighted by molar-refractivity contribution is 7.92. The van der Waals surface area contributed by atoms with Crippen LogP contribution >= 0.6 is 11.6 Å². The van der Waals surface area contributed by atoms with Gasteiger partial charge in [-0.15, -0.1) is 0 Å². The molecule has 0 aliphatic rings. The van der Waals surface area contributed by atoms with Crippen molar-refractivity contribution in [3.05, 3.63) is 57.6 Å². The molecule has 2 aromatic rings. The molecule has 1 N–H and O–H groups in total. The lowest BCUT2D eigenvalue weighted by Crippen LogP contribution is -2.16. The Morgan fingerprint density at radius 1 is 1.00 bits per heavy atom. The average molecular weight is 324 g/mol. The summed E-state index contributed by atoms with van der Waals surface area (Å²) in [6.45, 7) is 7.35. The van der Waals surface area contributed by atoms with Gasteiger partial charge in [-0.3, -0.25) is 4.72 Å². The monoisotopic (exact) mass is 323 g/mol. The fourth-order valence-corrected chi connectivity index (χ4v) is 4.26. The van der Waals surface area contributed by atoms with Crippen LogP contribution in [0.3, 0.4) is 0 Å². The van der Waals surface area contributed by atoms with Gasteiger partial charge in [-0.1, -0.05) is 35.4 Å². The number of anilines is 1.